The molecule has 2 aromatic rings. The van der Waals surface area contributed by atoms with Crippen molar-refractivity contribution in [1.82, 2.24) is 0 Å². The van der Waals surface area contributed by atoms with Gasteiger partial charge in [0.2, 0.25) is 5.75 Å². The number of rotatable bonds is 14. The summed E-state index contributed by atoms with van der Waals surface area (Å²) in [6, 6.07) is 6.83. The Morgan fingerprint density at radius 3 is 2.00 bits per heavy atom. The van der Waals surface area contributed by atoms with Crippen molar-refractivity contribution in [1.29, 1.82) is 0 Å². The van der Waals surface area contributed by atoms with Gasteiger partial charge in [-0.05, 0) is 61.6 Å². The summed E-state index contributed by atoms with van der Waals surface area (Å²) in [5, 5.41) is 9.39. The van der Waals surface area contributed by atoms with Crippen molar-refractivity contribution in [2.24, 2.45) is 0 Å². The number of methoxy groups -OCH3 is 3. The molecule has 38 heavy (non-hydrogen) atoms. The SMILES string of the molecule is CCCOc1c(OCC(C)=O)cc([C@H]2CC[C@H](c3cc(OC)c(OC)c(OC)c3)O2)cc1S(=O)(=O)CCO. The van der Waals surface area contributed by atoms with Crippen LogP contribution in [0.2, 0.25) is 0 Å². The standard InChI is InChI=1S/C27H36O10S/c1-6-10-35-27-24(36-16-17(2)29)14-19(15-25(27)38(30,31)11-9-28)21-8-7-20(37-21)18-12-22(32-3)26(34-5)23(13-18)33-4/h12-15,20-21,28H,6-11,16H2,1-5H3/t20-,21-/m1/s1. The van der Waals surface area contributed by atoms with Crippen LogP contribution in [0.4, 0.5) is 0 Å². The molecule has 0 amide bonds. The highest BCUT2D eigenvalue weighted by Gasteiger charge is 2.33. The molecule has 0 radical (unpaired) electrons. The van der Waals surface area contributed by atoms with E-state index in [1.165, 1.54) is 20.1 Å². The smallest absolute Gasteiger partial charge is 0.203 e. The van der Waals surface area contributed by atoms with Crippen LogP contribution in [0.25, 0.3) is 0 Å². The largest absolute Gasteiger partial charge is 0.493 e. The van der Waals surface area contributed by atoms with Crippen LogP contribution in [0, 0.1) is 0 Å². The minimum atomic E-state index is -3.92. The molecule has 0 spiro atoms. The molecule has 0 bridgehead atoms. The van der Waals surface area contributed by atoms with Crippen LogP contribution in [0.5, 0.6) is 28.7 Å². The average molecular weight is 553 g/mol. The number of hydrogen-bond donors (Lipinski definition) is 1. The number of ketones is 1. The lowest BCUT2D eigenvalue weighted by Crippen LogP contribution is -2.15. The molecule has 11 heteroatoms. The molecule has 10 nitrogen and oxygen atoms in total. The first kappa shape index (κ1) is 29.5. The van der Waals surface area contributed by atoms with E-state index in [2.05, 4.69) is 0 Å². The van der Waals surface area contributed by atoms with Gasteiger partial charge >= 0.3 is 0 Å². The zero-order valence-electron chi connectivity index (χ0n) is 22.4. The van der Waals surface area contributed by atoms with E-state index in [1.54, 1.807) is 20.3 Å². The zero-order valence-corrected chi connectivity index (χ0v) is 23.3. The van der Waals surface area contributed by atoms with E-state index in [-0.39, 0.29) is 41.5 Å². The molecular weight excluding hydrogens is 516 g/mol. The van der Waals surface area contributed by atoms with Gasteiger partial charge in [0, 0.05) is 0 Å². The molecule has 1 fully saturated rings. The number of aliphatic hydroxyl groups excluding tert-OH is 1. The number of sulfone groups is 1. The Labute approximate surface area is 223 Å². The van der Waals surface area contributed by atoms with Crippen molar-refractivity contribution >= 4 is 15.6 Å². The van der Waals surface area contributed by atoms with Crippen LogP contribution in [0.1, 0.15) is 56.4 Å². The van der Waals surface area contributed by atoms with E-state index in [0.717, 1.165) is 5.56 Å². The summed E-state index contributed by atoms with van der Waals surface area (Å²) in [6.45, 7) is 2.72. The molecule has 0 aromatic heterocycles. The molecule has 1 aliphatic heterocycles. The first-order chi connectivity index (χ1) is 18.2. The second kappa shape index (κ2) is 13.2. The fraction of sp³-hybridized carbons (Fsp3) is 0.519. The predicted molar refractivity (Wildman–Crippen MR) is 139 cm³/mol. The number of aliphatic hydroxyl groups is 1. The van der Waals surface area contributed by atoms with Gasteiger partial charge in [-0.25, -0.2) is 8.42 Å². The molecule has 1 N–H and O–H groups in total. The van der Waals surface area contributed by atoms with Crippen LogP contribution in [-0.4, -0.2) is 66.2 Å². The molecule has 210 valence electrons. The minimum Gasteiger partial charge on any atom is -0.493 e. The molecule has 3 rings (SSSR count). The Bertz CT molecular complexity index is 1200. The summed E-state index contributed by atoms with van der Waals surface area (Å²) in [5.74, 6) is 0.947. The Morgan fingerprint density at radius 1 is 0.921 bits per heavy atom. The number of benzene rings is 2. The zero-order chi connectivity index (χ0) is 27.9. The van der Waals surface area contributed by atoms with E-state index in [4.69, 9.17) is 28.4 Å². The maximum atomic E-state index is 13.1. The Balaban J connectivity index is 2.03. The summed E-state index contributed by atoms with van der Waals surface area (Å²) in [6.07, 6.45) is 1.11. The van der Waals surface area contributed by atoms with Crippen LogP contribution < -0.4 is 23.7 Å². The molecule has 2 atom stereocenters. The number of Topliss-reactive ketones (excluding diaryl/α,β-unsaturated/α-hetero) is 1. The molecule has 1 saturated heterocycles. The van der Waals surface area contributed by atoms with Gasteiger partial charge in [0.05, 0.1) is 52.5 Å². The van der Waals surface area contributed by atoms with Crippen LogP contribution in [-0.2, 0) is 19.4 Å². The summed E-state index contributed by atoms with van der Waals surface area (Å²) in [5.41, 5.74) is 1.39. The first-order valence-electron chi connectivity index (χ1n) is 12.4. The van der Waals surface area contributed by atoms with Gasteiger partial charge in [-0.2, -0.15) is 0 Å². The lowest BCUT2D eigenvalue weighted by Gasteiger charge is -2.21. The van der Waals surface area contributed by atoms with E-state index >= 15 is 0 Å². The molecular formula is C27H36O10S. The fourth-order valence-electron chi connectivity index (χ4n) is 4.29. The van der Waals surface area contributed by atoms with Gasteiger partial charge in [-0.1, -0.05) is 6.92 Å². The Hall–Kier alpha value is -3.02. The van der Waals surface area contributed by atoms with E-state index < -0.39 is 28.3 Å². The van der Waals surface area contributed by atoms with Gasteiger partial charge in [0.1, 0.15) is 11.5 Å². The summed E-state index contributed by atoms with van der Waals surface area (Å²) in [4.78, 5) is 11.5. The van der Waals surface area contributed by atoms with Gasteiger partial charge in [-0.15, -0.1) is 0 Å². The van der Waals surface area contributed by atoms with Crippen molar-refractivity contribution in [3.8, 4) is 28.7 Å². The lowest BCUT2D eigenvalue weighted by molar-refractivity contribution is -0.118. The first-order valence-corrected chi connectivity index (χ1v) is 14.1. The maximum Gasteiger partial charge on any atom is 0.203 e. The number of carbonyl (C=O) groups excluding carboxylic acids is 1. The highest BCUT2D eigenvalue weighted by Crippen LogP contribution is 2.48. The monoisotopic (exact) mass is 552 g/mol. The van der Waals surface area contributed by atoms with Gasteiger partial charge in [0.15, 0.2) is 38.6 Å². The molecule has 2 aromatic carbocycles. The van der Waals surface area contributed by atoms with Crippen molar-refractivity contribution < 1.29 is 46.7 Å². The second-order valence-corrected chi connectivity index (χ2v) is 11.0. The number of carbonyl (C=O) groups is 1. The molecule has 0 saturated carbocycles. The van der Waals surface area contributed by atoms with Crippen molar-refractivity contribution in [3.63, 3.8) is 0 Å². The third-order valence-electron chi connectivity index (χ3n) is 6.07. The Kier molecular flexibility index (Phi) is 10.2. The maximum absolute atomic E-state index is 13.1. The third kappa shape index (κ3) is 6.69. The third-order valence-corrected chi connectivity index (χ3v) is 7.76. The topological polar surface area (TPSA) is 127 Å². The van der Waals surface area contributed by atoms with Crippen molar-refractivity contribution in [3.05, 3.63) is 35.4 Å². The van der Waals surface area contributed by atoms with Gasteiger partial charge in [0.25, 0.3) is 0 Å². The molecule has 1 heterocycles. The lowest BCUT2D eigenvalue weighted by atomic mass is 10.0. The average Bonchev–Trinajstić information content (AvgIpc) is 3.40. The van der Waals surface area contributed by atoms with E-state index in [9.17, 15) is 18.3 Å². The van der Waals surface area contributed by atoms with Crippen molar-refractivity contribution in [2.45, 2.75) is 50.2 Å². The highest BCUT2D eigenvalue weighted by molar-refractivity contribution is 7.91. The van der Waals surface area contributed by atoms with Gasteiger partial charge in [-0.3, -0.25) is 4.79 Å². The van der Waals surface area contributed by atoms with Crippen LogP contribution in [0.15, 0.2) is 29.2 Å². The normalized spacial score (nSPS) is 17.2. The van der Waals surface area contributed by atoms with Crippen molar-refractivity contribution in [2.75, 3.05) is 46.9 Å². The summed E-state index contributed by atoms with van der Waals surface area (Å²) in [7, 11) is 0.694. The summed E-state index contributed by atoms with van der Waals surface area (Å²) >= 11 is 0. The minimum absolute atomic E-state index is 0.0319. The molecule has 1 aliphatic rings. The quantitative estimate of drug-likeness (QED) is 0.369. The van der Waals surface area contributed by atoms with Gasteiger partial charge < -0.3 is 33.5 Å². The predicted octanol–water partition coefficient (Wildman–Crippen LogP) is 3.83. The Morgan fingerprint density at radius 2 is 1.50 bits per heavy atom. The number of ether oxygens (including phenoxy) is 6. The highest BCUT2D eigenvalue weighted by atomic mass is 32.2. The fourth-order valence-corrected chi connectivity index (χ4v) is 5.51. The second-order valence-electron chi connectivity index (χ2n) is 8.88. The number of hydrogen-bond acceptors (Lipinski definition) is 10. The van der Waals surface area contributed by atoms with Crippen LogP contribution >= 0.6 is 0 Å². The van der Waals surface area contributed by atoms with E-state index in [1.807, 2.05) is 19.1 Å². The van der Waals surface area contributed by atoms with E-state index in [0.29, 0.717) is 42.1 Å². The molecule has 0 unspecified atom stereocenters. The molecule has 0 aliphatic carbocycles. The van der Waals surface area contributed by atoms with Crippen LogP contribution in [0.3, 0.4) is 0 Å². The summed E-state index contributed by atoms with van der Waals surface area (Å²) < 4.78 is 60.4.